The van der Waals surface area contributed by atoms with Crippen molar-refractivity contribution >= 4 is 5.91 Å². The van der Waals surface area contributed by atoms with Crippen molar-refractivity contribution < 1.29 is 14.3 Å². The predicted octanol–water partition coefficient (Wildman–Crippen LogP) is 2.27. The Bertz CT molecular complexity index is 696. The van der Waals surface area contributed by atoms with Gasteiger partial charge >= 0.3 is 0 Å². The lowest BCUT2D eigenvalue weighted by molar-refractivity contribution is -0.133. The van der Waals surface area contributed by atoms with E-state index in [-0.39, 0.29) is 12.0 Å². The zero-order chi connectivity index (χ0) is 17.6. The first-order valence-electron chi connectivity index (χ1n) is 8.72. The molecule has 3 rings (SSSR count). The molecule has 1 aliphatic heterocycles. The highest BCUT2D eigenvalue weighted by atomic mass is 16.5. The number of rotatable bonds is 6. The van der Waals surface area contributed by atoms with E-state index in [1.165, 1.54) is 0 Å². The van der Waals surface area contributed by atoms with Crippen LogP contribution in [0.3, 0.4) is 0 Å². The third-order valence-electron chi connectivity index (χ3n) is 4.51. The molecule has 0 aliphatic carbocycles. The van der Waals surface area contributed by atoms with Crippen LogP contribution < -0.4 is 4.74 Å². The molecule has 0 bridgehead atoms. The molecule has 6 nitrogen and oxygen atoms in total. The van der Waals surface area contributed by atoms with Gasteiger partial charge in [-0.2, -0.15) is 5.10 Å². The normalized spacial score (nSPS) is 17.0. The van der Waals surface area contributed by atoms with Crippen LogP contribution in [0.4, 0.5) is 0 Å². The van der Waals surface area contributed by atoms with Crippen molar-refractivity contribution in [3.05, 3.63) is 47.8 Å². The number of fused-ring (bicyclic) bond motifs is 1. The van der Waals surface area contributed by atoms with Gasteiger partial charge in [-0.3, -0.25) is 9.48 Å². The zero-order valence-corrected chi connectivity index (χ0v) is 14.9. The van der Waals surface area contributed by atoms with Gasteiger partial charge in [0.15, 0.2) is 0 Å². The van der Waals surface area contributed by atoms with E-state index in [1.807, 2.05) is 46.8 Å². The van der Waals surface area contributed by atoms with E-state index < -0.39 is 0 Å². The van der Waals surface area contributed by atoms with Crippen LogP contribution in [-0.2, 0) is 29.0 Å². The minimum atomic E-state index is -0.0319. The van der Waals surface area contributed by atoms with E-state index in [0.29, 0.717) is 32.7 Å². The summed E-state index contributed by atoms with van der Waals surface area (Å²) in [6.45, 7) is 4.49. The molecule has 0 radical (unpaired) electrons. The van der Waals surface area contributed by atoms with Gasteiger partial charge in [-0.15, -0.1) is 0 Å². The van der Waals surface area contributed by atoms with E-state index in [0.717, 1.165) is 23.4 Å². The average molecular weight is 343 g/mol. The second-order valence-electron chi connectivity index (χ2n) is 6.21. The molecule has 0 N–H and O–H groups in total. The van der Waals surface area contributed by atoms with Crippen molar-refractivity contribution in [1.82, 2.24) is 14.7 Å². The molecule has 1 aromatic carbocycles. The van der Waals surface area contributed by atoms with Gasteiger partial charge in [0.1, 0.15) is 5.75 Å². The number of carbonyl (C=O) groups is 1. The van der Waals surface area contributed by atoms with Crippen LogP contribution in [0.5, 0.6) is 5.75 Å². The molecular formula is C19H25N3O3. The van der Waals surface area contributed by atoms with Gasteiger partial charge in [0.25, 0.3) is 0 Å². The van der Waals surface area contributed by atoms with Crippen LogP contribution >= 0.6 is 0 Å². The van der Waals surface area contributed by atoms with Crippen LogP contribution in [-0.4, -0.2) is 47.0 Å². The largest absolute Gasteiger partial charge is 0.494 e. The van der Waals surface area contributed by atoms with Crippen molar-refractivity contribution in [2.45, 2.75) is 39.0 Å². The summed E-state index contributed by atoms with van der Waals surface area (Å²) in [6.07, 6.45) is 2.95. The Hall–Kier alpha value is -2.34. The molecule has 1 aliphatic rings. The van der Waals surface area contributed by atoms with Crippen molar-refractivity contribution in [3.63, 3.8) is 0 Å². The first-order chi connectivity index (χ1) is 12.2. The van der Waals surface area contributed by atoms with Crippen LogP contribution in [0.1, 0.15) is 24.6 Å². The Morgan fingerprint density at radius 1 is 1.24 bits per heavy atom. The van der Waals surface area contributed by atoms with Crippen molar-refractivity contribution in [2.24, 2.45) is 0 Å². The summed E-state index contributed by atoms with van der Waals surface area (Å²) in [5, 5.41) is 4.31. The Balaban J connectivity index is 1.60. The van der Waals surface area contributed by atoms with Gasteiger partial charge in [0, 0.05) is 26.3 Å². The fourth-order valence-electron chi connectivity index (χ4n) is 3.08. The number of amides is 1. The smallest absolute Gasteiger partial charge is 0.223 e. The lowest BCUT2D eigenvalue weighted by Gasteiger charge is -2.23. The lowest BCUT2D eigenvalue weighted by atomic mass is 10.1. The van der Waals surface area contributed by atoms with Gasteiger partial charge in [0.05, 0.1) is 31.5 Å². The summed E-state index contributed by atoms with van der Waals surface area (Å²) >= 11 is 0. The molecule has 0 saturated heterocycles. The Morgan fingerprint density at radius 2 is 2.04 bits per heavy atom. The second-order valence-corrected chi connectivity index (χ2v) is 6.21. The number of carbonyl (C=O) groups excluding carboxylic acids is 1. The third-order valence-corrected chi connectivity index (χ3v) is 4.51. The molecule has 1 aromatic heterocycles. The van der Waals surface area contributed by atoms with E-state index >= 15 is 0 Å². The number of ether oxygens (including phenoxy) is 2. The quantitative estimate of drug-likeness (QED) is 0.807. The lowest BCUT2D eigenvalue weighted by Crippen LogP contribution is -2.37. The maximum Gasteiger partial charge on any atom is 0.223 e. The van der Waals surface area contributed by atoms with Crippen molar-refractivity contribution in [1.29, 1.82) is 0 Å². The predicted molar refractivity (Wildman–Crippen MR) is 94.4 cm³/mol. The van der Waals surface area contributed by atoms with Crippen LogP contribution in [0, 0.1) is 0 Å². The van der Waals surface area contributed by atoms with Crippen LogP contribution in [0.25, 0.3) is 0 Å². The standard InChI is InChI=1S/C19H25N3O3/c1-3-25-17-7-4-15(5-8-17)6-9-19(23)21-12-16-10-11-20-22(16)14-18(13-21)24-2/h4-5,7-8,10-11,18H,3,6,9,12-14H2,1-2H3/t18-/m0/s1. The SMILES string of the molecule is CCOc1ccc(CCC(=O)N2Cc3ccnn3C[C@@H](OC)C2)cc1. The minimum absolute atomic E-state index is 0.0319. The zero-order valence-electron chi connectivity index (χ0n) is 14.9. The number of methoxy groups -OCH3 is 1. The van der Waals surface area contributed by atoms with E-state index in [9.17, 15) is 4.79 Å². The number of aromatic nitrogens is 2. The molecule has 2 aromatic rings. The summed E-state index contributed by atoms with van der Waals surface area (Å²) in [4.78, 5) is 14.6. The number of hydrogen-bond donors (Lipinski definition) is 0. The summed E-state index contributed by atoms with van der Waals surface area (Å²) in [5.41, 5.74) is 2.19. The highest BCUT2D eigenvalue weighted by molar-refractivity contribution is 5.76. The fraction of sp³-hybridized carbons (Fsp3) is 0.474. The Labute approximate surface area is 148 Å². The second kappa shape index (κ2) is 8.16. The molecule has 0 saturated carbocycles. The molecule has 0 spiro atoms. The van der Waals surface area contributed by atoms with Gasteiger partial charge in [-0.25, -0.2) is 0 Å². The molecule has 0 fully saturated rings. The van der Waals surface area contributed by atoms with E-state index in [2.05, 4.69) is 5.10 Å². The van der Waals surface area contributed by atoms with Gasteiger partial charge in [-0.1, -0.05) is 12.1 Å². The molecular weight excluding hydrogens is 318 g/mol. The molecule has 134 valence electrons. The Kier molecular flexibility index (Phi) is 5.71. The first-order valence-corrected chi connectivity index (χ1v) is 8.72. The summed E-state index contributed by atoms with van der Waals surface area (Å²) in [5.74, 6) is 1.01. The number of hydrogen-bond acceptors (Lipinski definition) is 4. The van der Waals surface area contributed by atoms with Gasteiger partial charge in [-0.05, 0) is 37.1 Å². The minimum Gasteiger partial charge on any atom is -0.494 e. The first kappa shape index (κ1) is 17.5. The van der Waals surface area contributed by atoms with Crippen molar-refractivity contribution in [3.8, 4) is 5.75 Å². The average Bonchev–Trinajstić information content (AvgIpc) is 2.98. The molecule has 1 atom stereocenters. The highest BCUT2D eigenvalue weighted by Crippen LogP contribution is 2.17. The maximum absolute atomic E-state index is 12.7. The topological polar surface area (TPSA) is 56.6 Å². The molecule has 6 heteroatoms. The fourth-order valence-corrected chi connectivity index (χ4v) is 3.08. The maximum atomic E-state index is 12.7. The highest BCUT2D eigenvalue weighted by Gasteiger charge is 2.25. The van der Waals surface area contributed by atoms with Gasteiger partial charge < -0.3 is 14.4 Å². The molecule has 0 unspecified atom stereocenters. The van der Waals surface area contributed by atoms with Crippen LogP contribution in [0.15, 0.2) is 36.5 Å². The third kappa shape index (κ3) is 4.39. The van der Waals surface area contributed by atoms with Crippen molar-refractivity contribution in [2.75, 3.05) is 20.3 Å². The summed E-state index contributed by atoms with van der Waals surface area (Å²) < 4.78 is 12.9. The molecule has 2 heterocycles. The molecule has 1 amide bonds. The van der Waals surface area contributed by atoms with E-state index in [1.54, 1.807) is 13.3 Å². The Morgan fingerprint density at radius 3 is 2.76 bits per heavy atom. The number of benzene rings is 1. The summed E-state index contributed by atoms with van der Waals surface area (Å²) in [6, 6.07) is 9.91. The summed E-state index contributed by atoms with van der Waals surface area (Å²) in [7, 11) is 1.68. The van der Waals surface area contributed by atoms with Crippen LogP contribution in [0.2, 0.25) is 0 Å². The number of nitrogens with zero attached hydrogens (tertiary/aromatic N) is 3. The van der Waals surface area contributed by atoms with E-state index in [4.69, 9.17) is 9.47 Å². The number of aryl methyl sites for hydroxylation is 1. The molecule has 25 heavy (non-hydrogen) atoms. The monoisotopic (exact) mass is 343 g/mol. The van der Waals surface area contributed by atoms with Gasteiger partial charge in [0.2, 0.25) is 5.91 Å².